The first kappa shape index (κ1) is 12.5. The summed E-state index contributed by atoms with van der Waals surface area (Å²) in [4.78, 5) is 10.6. The number of aliphatic hydroxyl groups is 1. The molecular formula is C11H15NO4. The van der Waals surface area contributed by atoms with Gasteiger partial charge in [-0.25, -0.2) is 0 Å². The zero-order chi connectivity index (χ0) is 12.1. The van der Waals surface area contributed by atoms with Crippen molar-refractivity contribution in [2.24, 2.45) is 5.73 Å². The zero-order valence-corrected chi connectivity index (χ0v) is 9.01. The number of carbonyl (C=O) groups is 1. The Bertz CT molecular complexity index is 378. The Hall–Kier alpha value is -1.59. The molecule has 0 radical (unpaired) electrons. The van der Waals surface area contributed by atoms with Crippen molar-refractivity contribution in [3.05, 3.63) is 29.3 Å². The molecular weight excluding hydrogens is 210 g/mol. The number of carboxylic acids is 1. The molecule has 0 fully saturated rings. The molecule has 0 bridgehead atoms. The second-order valence-electron chi connectivity index (χ2n) is 3.44. The number of benzene rings is 1. The van der Waals surface area contributed by atoms with E-state index in [4.69, 9.17) is 20.7 Å². The van der Waals surface area contributed by atoms with Crippen LogP contribution < -0.4 is 10.5 Å². The van der Waals surface area contributed by atoms with Crippen LogP contribution in [0.25, 0.3) is 0 Å². The number of hydrogen-bond donors (Lipinski definition) is 3. The molecule has 0 aromatic heterocycles. The molecule has 5 nitrogen and oxygen atoms in total. The molecule has 4 N–H and O–H groups in total. The molecule has 0 saturated carbocycles. The number of hydrogen-bond acceptors (Lipinski definition) is 4. The van der Waals surface area contributed by atoms with Gasteiger partial charge in [0.15, 0.2) is 0 Å². The standard InChI is InChI=1S/C11H15NO4/c1-16-10-3-2-7(5-11(14)15)4-8(10)9(12)6-13/h2-4,9,13H,5-6,12H2,1H3,(H,14,15)/t9-/m1/s1. The SMILES string of the molecule is COc1ccc(CC(=O)O)cc1[C@H](N)CO. The number of ether oxygens (including phenoxy) is 1. The summed E-state index contributed by atoms with van der Waals surface area (Å²) in [5, 5.41) is 17.7. The van der Waals surface area contributed by atoms with Crippen LogP contribution in [0.4, 0.5) is 0 Å². The first-order chi connectivity index (χ1) is 7.58. The van der Waals surface area contributed by atoms with Crippen molar-refractivity contribution in [1.82, 2.24) is 0 Å². The van der Waals surface area contributed by atoms with Crippen LogP contribution in [0.5, 0.6) is 5.75 Å². The Morgan fingerprint density at radius 3 is 2.75 bits per heavy atom. The normalized spacial score (nSPS) is 12.2. The van der Waals surface area contributed by atoms with Crippen molar-refractivity contribution in [1.29, 1.82) is 0 Å². The van der Waals surface area contributed by atoms with Gasteiger partial charge in [0, 0.05) is 5.56 Å². The van der Waals surface area contributed by atoms with Crippen molar-refractivity contribution >= 4 is 5.97 Å². The molecule has 16 heavy (non-hydrogen) atoms. The molecule has 1 atom stereocenters. The van der Waals surface area contributed by atoms with Gasteiger partial charge in [0.1, 0.15) is 5.75 Å². The lowest BCUT2D eigenvalue weighted by atomic mass is 10.0. The Morgan fingerprint density at radius 2 is 2.25 bits per heavy atom. The van der Waals surface area contributed by atoms with E-state index < -0.39 is 12.0 Å². The van der Waals surface area contributed by atoms with E-state index in [1.165, 1.54) is 7.11 Å². The summed E-state index contributed by atoms with van der Waals surface area (Å²) in [5.74, 6) is -0.357. The van der Waals surface area contributed by atoms with E-state index in [1.807, 2.05) is 0 Å². The number of aliphatic hydroxyl groups excluding tert-OH is 1. The predicted molar refractivity (Wildman–Crippen MR) is 58.3 cm³/mol. The Kier molecular flexibility index (Phi) is 4.28. The van der Waals surface area contributed by atoms with Gasteiger partial charge in [-0.1, -0.05) is 6.07 Å². The third-order valence-corrected chi connectivity index (χ3v) is 2.25. The van der Waals surface area contributed by atoms with E-state index >= 15 is 0 Å². The second-order valence-corrected chi connectivity index (χ2v) is 3.44. The molecule has 0 aliphatic rings. The topological polar surface area (TPSA) is 92.8 Å². The lowest BCUT2D eigenvalue weighted by Crippen LogP contribution is -2.16. The van der Waals surface area contributed by atoms with Gasteiger partial charge in [-0.3, -0.25) is 4.79 Å². The summed E-state index contributed by atoms with van der Waals surface area (Å²) in [6.07, 6.45) is -0.0743. The predicted octanol–water partition coefficient (Wildman–Crippen LogP) is 0.314. The lowest BCUT2D eigenvalue weighted by molar-refractivity contribution is -0.136. The minimum absolute atomic E-state index is 0.0743. The van der Waals surface area contributed by atoms with Crippen LogP contribution in [0.3, 0.4) is 0 Å². The van der Waals surface area contributed by atoms with Gasteiger partial charge in [0.25, 0.3) is 0 Å². The molecule has 88 valence electrons. The number of aliphatic carboxylic acids is 1. The Balaban J connectivity index is 3.05. The van der Waals surface area contributed by atoms with Crippen LogP contribution in [0.15, 0.2) is 18.2 Å². The molecule has 0 amide bonds. The second kappa shape index (κ2) is 5.48. The van der Waals surface area contributed by atoms with Gasteiger partial charge in [-0.05, 0) is 17.7 Å². The minimum atomic E-state index is -0.909. The van der Waals surface area contributed by atoms with Crippen LogP contribution in [-0.2, 0) is 11.2 Å². The van der Waals surface area contributed by atoms with E-state index in [0.717, 1.165) is 0 Å². The van der Waals surface area contributed by atoms with E-state index in [9.17, 15) is 4.79 Å². The number of carboxylic acid groups (broad SMARTS) is 1. The number of rotatable bonds is 5. The highest BCUT2D eigenvalue weighted by molar-refractivity contribution is 5.70. The van der Waals surface area contributed by atoms with Crippen molar-refractivity contribution < 1.29 is 19.7 Å². The van der Waals surface area contributed by atoms with Crippen molar-refractivity contribution in [2.45, 2.75) is 12.5 Å². The van der Waals surface area contributed by atoms with Crippen LogP contribution >= 0.6 is 0 Å². The van der Waals surface area contributed by atoms with Gasteiger partial charge in [0.2, 0.25) is 0 Å². The van der Waals surface area contributed by atoms with Crippen LogP contribution in [0.2, 0.25) is 0 Å². The molecule has 1 aromatic carbocycles. The lowest BCUT2D eigenvalue weighted by Gasteiger charge is -2.14. The fraction of sp³-hybridized carbons (Fsp3) is 0.364. The highest BCUT2D eigenvalue weighted by Gasteiger charge is 2.12. The maximum absolute atomic E-state index is 10.6. The van der Waals surface area contributed by atoms with E-state index in [-0.39, 0.29) is 13.0 Å². The van der Waals surface area contributed by atoms with Crippen molar-refractivity contribution in [2.75, 3.05) is 13.7 Å². The average Bonchev–Trinajstić information content (AvgIpc) is 2.27. The van der Waals surface area contributed by atoms with Crippen molar-refractivity contribution in [3.63, 3.8) is 0 Å². The highest BCUT2D eigenvalue weighted by atomic mass is 16.5. The van der Waals surface area contributed by atoms with E-state index in [2.05, 4.69) is 0 Å². The third-order valence-electron chi connectivity index (χ3n) is 2.25. The van der Waals surface area contributed by atoms with Gasteiger partial charge < -0.3 is 20.7 Å². The third kappa shape index (κ3) is 2.95. The maximum Gasteiger partial charge on any atom is 0.307 e. The zero-order valence-electron chi connectivity index (χ0n) is 9.01. The monoisotopic (exact) mass is 225 g/mol. The minimum Gasteiger partial charge on any atom is -0.496 e. The Morgan fingerprint density at radius 1 is 1.56 bits per heavy atom. The Labute approximate surface area is 93.5 Å². The van der Waals surface area contributed by atoms with Crippen LogP contribution in [0, 0.1) is 0 Å². The molecule has 1 aromatic rings. The molecule has 0 unspecified atom stereocenters. The summed E-state index contributed by atoms with van der Waals surface area (Å²) >= 11 is 0. The van der Waals surface area contributed by atoms with E-state index in [1.54, 1.807) is 18.2 Å². The average molecular weight is 225 g/mol. The van der Waals surface area contributed by atoms with Crippen LogP contribution in [0.1, 0.15) is 17.2 Å². The fourth-order valence-electron chi connectivity index (χ4n) is 1.46. The largest absolute Gasteiger partial charge is 0.496 e. The van der Waals surface area contributed by atoms with Crippen LogP contribution in [-0.4, -0.2) is 29.9 Å². The summed E-state index contributed by atoms with van der Waals surface area (Å²) in [7, 11) is 1.50. The smallest absolute Gasteiger partial charge is 0.307 e. The molecule has 0 spiro atoms. The molecule has 1 rings (SSSR count). The molecule has 0 heterocycles. The number of methoxy groups -OCH3 is 1. The summed E-state index contributed by atoms with van der Waals surface area (Å²) in [5.41, 5.74) is 6.94. The highest BCUT2D eigenvalue weighted by Crippen LogP contribution is 2.25. The van der Waals surface area contributed by atoms with Gasteiger partial charge in [-0.15, -0.1) is 0 Å². The van der Waals surface area contributed by atoms with Crippen molar-refractivity contribution in [3.8, 4) is 5.75 Å². The molecule has 5 heteroatoms. The van der Waals surface area contributed by atoms with Gasteiger partial charge in [0.05, 0.1) is 26.2 Å². The first-order valence-corrected chi connectivity index (χ1v) is 4.83. The number of nitrogens with two attached hydrogens (primary N) is 1. The fourth-order valence-corrected chi connectivity index (χ4v) is 1.46. The molecule has 0 aliphatic heterocycles. The van der Waals surface area contributed by atoms with E-state index in [0.29, 0.717) is 16.9 Å². The summed E-state index contributed by atoms with van der Waals surface area (Å²) in [6, 6.07) is 4.40. The summed E-state index contributed by atoms with van der Waals surface area (Å²) < 4.78 is 5.09. The summed E-state index contributed by atoms with van der Waals surface area (Å²) in [6.45, 7) is -0.215. The van der Waals surface area contributed by atoms with Gasteiger partial charge in [-0.2, -0.15) is 0 Å². The quantitative estimate of drug-likeness (QED) is 0.670. The maximum atomic E-state index is 10.6. The molecule has 0 saturated heterocycles. The molecule has 0 aliphatic carbocycles. The van der Waals surface area contributed by atoms with Gasteiger partial charge >= 0.3 is 5.97 Å². The first-order valence-electron chi connectivity index (χ1n) is 4.83.